The molecule has 1 aromatic heterocycles. The van der Waals surface area contributed by atoms with Crippen molar-refractivity contribution in [3.05, 3.63) is 76.4 Å². The number of carbonyl (C=O) groups excluding carboxylic acids is 1. The number of halogens is 3. The second-order valence-electron chi connectivity index (χ2n) is 5.53. The van der Waals surface area contributed by atoms with Crippen LogP contribution in [0.1, 0.15) is 28.9 Å². The van der Waals surface area contributed by atoms with Crippen LogP contribution in [0.15, 0.2) is 48.7 Å². The van der Waals surface area contributed by atoms with Gasteiger partial charge in [-0.25, -0.2) is 8.78 Å². The molecule has 0 radical (unpaired) electrons. The van der Waals surface area contributed by atoms with Gasteiger partial charge < -0.3 is 5.32 Å². The molecule has 1 unspecified atom stereocenters. The fourth-order valence-corrected chi connectivity index (χ4v) is 2.63. The van der Waals surface area contributed by atoms with Crippen molar-refractivity contribution in [3.8, 4) is 11.3 Å². The van der Waals surface area contributed by atoms with E-state index in [9.17, 15) is 13.6 Å². The topological polar surface area (TPSA) is 57.8 Å². The number of benzene rings is 2. The van der Waals surface area contributed by atoms with E-state index in [2.05, 4.69) is 15.5 Å². The Labute approximate surface area is 147 Å². The van der Waals surface area contributed by atoms with Crippen LogP contribution in [0, 0.1) is 11.6 Å². The molecule has 0 aliphatic rings. The zero-order chi connectivity index (χ0) is 18.0. The molecule has 0 aliphatic carbocycles. The summed E-state index contributed by atoms with van der Waals surface area (Å²) in [6.45, 7) is 1.62. The Kier molecular flexibility index (Phi) is 4.81. The molecule has 2 N–H and O–H groups in total. The van der Waals surface area contributed by atoms with Crippen LogP contribution in [-0.4, -0.2) is 16.1 Å². The molecule has 2 aromatic carbocycles. The number of amides is 1. The van der Waals surface area contributed by atoms with Gasteiger partial charge in [-0.05, 0) is 25.1 Å². The highest BCUT2D eigenvalue weighted by Gasteiger charge is 2.19. The van der Waals surface area contributed by atoms with Crippen LogP contribution >= 0.6 is 11.6 Å². The Bertz CT molecular complexity index is 909. The van der Waals surface area contributed by atoms with E-state index >= 15 is 0 Å². The first-order chi connectivity index (χ1) is 12.0. The molecule has 1 heterocycles. The van der Waals surface area contributed by atoms with E-state index in [-0.39, 0.29) is 5.56 Å². The fraction of sp³-hybridized carbons (Fsp3) is 0.111. The summed E-state index contributed by atoms with van der Waals surface area (Å²) in [4.78, 5) is 12.5. The van der Waals surface area contributed by atoms with Crippen LogP contribution in [0.2, 0.25) is 5.02 Å². The lowest BCUT2D eigenvalue weighted by Gasteiger charge is -2.15. The summed E-state index contributed by atoms with van der Waals surface area (Å²) in [7, 11) is 0. The molecule has 0 spiro atoms. The minimum absolute atomic E-state index is 0.200. The Morgan fingerprint density at radius 2 is 1.92 bits per heavy atom. The van der Waals surface area contributed by atoms with Gasteiger partial charge in [0, 0.05) is 22.2 Å². The predicted molar refractivity (Wildman–Crippen MR) is 91.3 cm³/mol. The SMILES string of the molecule is CC(NC(=O)c1cn[nH]c1-c1ccc(Cl)cc1)c1ccc(F)cc1F. The summed E-state index contributed by atoms with van der Waals surface area (Å²) in [5.41, 5.74) is 1.79. The second kappa shape index (κ2) is 7.03. The van der Waals surface area contributed by atoms with E-state index in [4.69, 9.17) is 11.6 Å². The summed E-state index contributed by atoms with van der Waals surface area (Å²) in [6, 6.07) is 9.54. The van der Waals surface area contributed by atoms with E-state index < -0.39 is 23.6 Å². The first kappa shape index (κ1) is 17.1. The maximum Gasteiger partial charge on any atom is 0.255 e. The smallest absolute Gasteiger partial charge is 0.255 e. The van der Waals surface area contributed by atoms with Crippen LogP contribution in [0.4, 0.5) is 8.78 Å². The Morgan fingerprint density at radius 1 is 1.20 bits per heavy atom. The monoisotopic (exact) mass is 361 g/mol. The van der Waals surface area contributed by atoms with E-state index in [1.165, 1.54) is 12.3 Å². The van der Waals surface area contributed by atoms with Gasteiger partial charge in [0.1, 0.15) is 11.6 Å². The third kappa shape index (κ3) is 3.69. The minimum atomic E-state index is -0.710. The van der Waals surface area contributed by atoms with Crippen molar-refractivity contribution in [3.63, 3.8) is 0 Å². The van der Waals surface area contributed by atoms with Gasteiger partial charge in [-0.3, -0.25) is 9.89 Å². The van der Waals surface area contributed by atoms with Crippen molar-refractivity contribution in [1.82, 2.24) is 15.5 Å². The van der Waals surface area contributed by atoms with Crippen molar-refractivity contribution < 1.29 is 13.6 Å². The first-order valence-corrected chi connectivity index (χ1v) is 7.88. The van der Waals surface area contributed by atoms with Gasteiger partial charge in [-0.1, -0.05) is 29.8 Å². The predicted octanol–water partition coefficient (Wildman–Crippen LogP) is 4.50. The number of carbonyl (C=O) groups is 1. The van der Waals surface area contributed by atoms with E-state index in [0.717, 1.165) is 17.7 Å². The highest BCUT2D eigenvalue weighted by atomic mass is 35.5. The molecule has 128 valence electrons. The number of H-pyrrole nitrogens is 1. The molecule has 3 rings (SSSR count). The second-order valence-corrected chi connectivity index (χ2v) is 5.96. The van der Waals surface area contributed by atoms with Crippen molar-refractivity contribution in [2.24, 2.45) is 0 Å². The molecule has 1 amide bonds. The van der Waals surface area contributed by atoms with Gasteiger partial charge in [0.15, 0.2) is 0 Å². The molecule has 25 heavy (non-hydrogen) atoms. The van der Waals surface area contributed by atoms with Crippen LogP contribution in [0.5, 0.6) is 0 Å². The maximum absolute atomic E-state index is 13.9. The van der Waals surface area contributed by atoms with Gasteiger partial charge in [0.2, 0.25) is 0 Å². The third-order valence-corrected chi connectivity index (χ3v) is 4.05. The zero-order valence-corrected chi connectivity index (χ0v) is 13.9. The first-order valence-electron chi connectivity index (χ1n) is 7.51. The quantitative estimate of drug-likeness (QED) is 0.718. The Hall–Kier alpha value is -2.73. The number of hydrogen-bond acceptors (Lipinski definition) is 2. The van der Waals surface area contributed by atoms with E-state index in [1.54, 1.807) is 31.2 Å². The average Bonchev–Trinajstić information content (AvgIpc) is 3.05. The highest BCUT2D eigenvalue weighted by Crippen LogP contribution is 2.24. The summed E-state index contributed by atoms with van der Waals surface area (Å²) in [5.74, 6) is -1.80. The summed E-state index contributed by atoms with van der Waals surface area (Å²) < 4.78 is 26.9. The number of aromatic nitrogens is 2. The molecule has 0 bridgehead atoms. The number of aromatic amines is 1. The summed E-state index contributed by atoms with van der Waals surface area (Å²) in [5, 5.41) is 9.96. The summed E-state index contributed by atoms with van der Waals surface area (Å²) >= 11 is 5.87. The van der Waals surface area contributed by atoms with Crippen molar-refractivity contribution >= 4 is 17.5 Å². The lowest BCUT2D eigenvalue weighted by atomic mass is 10.1. The standard InChI is InChI=1S/C18H14ClF2N3O/c1-10(14-7-6-13(20)8-16(14)21)23-18(25)15-9-22-24-17(15)11-2-4-12(19)5-3-11/h2-10H,1H3,(H,22,24)(H,23,25). The highest BCUT2D eigenvalue weighted by molar-refractivity contribution is 6.30. The third-order valence-electron chi connectivity index (χ3n) is 3.79. The molecule has 0 fully saturated rings. The Balaban J connectivity index is 1.82. The molecule has 1 atom stereocenters. The maximum atomic E-state index is 13.9. The molecule has 3 aromatic rings. The van der Waals surface area contributed by atoms with Crippen LogP contribution < -0.4 is 5.32 Å². The lowest BCUT2D eigenvalue weighted by Crippen LogP contribution is -2.27. The van der Waals surface area contributed by atoms with Gasteiger partial charge in [-0.15, -0.1) is 0 Å². The molecule has 0 saturated carbocycles. The van der Waals surface area contributed by atoms with Crippen LogP contribution in [0.25, 0.3) is 11.3 Å². The lowest BCUT2D eigenvalue weighted by molar-refractivity contribution is 0.0940. The zero-order valence-electron chi connectivity index (χ0n) is 13.2. The minimum Gasteiger partial charge on any atom is -0.345 e. The average molecular weight is 362 g/mol. The molecule has 7 heteroatoms. The molecule has 0 aliphatic heterocycles. The number of rotatable bonds is 4. The van der Waals surface area contributed by atoms with Crippen molar-refractivity contribution in [2.75, 3.05) is 0 Å². The molecule has 0 saturated heterocycles. The number of hydrogen-bond donors (Lipinski definition) is 2. The van der Waals surface area contributed by atoms with Crippen molar-refractivity contribution in [2.45, 2.75) is 13.0 Å². The normalized spacial score (nSPS) is 12.0. The number of nitrogens with zero attached hydrogens (tertiary/aromatic N) is 1. The molecular formula is C18H14ClF2N3O. The van der Waals surface area contributed by atoms with Crippen LogP contribution in [-0.2, 0) is 0 Å². The van der Waals surface area contributed by atoms with Gasteiger partial charge >= 0.3 is 0 Å². The van der Waals surface area contributed by atoms with E-state index in [0.29, 0.717) is 16.3 Å². The fourth-order valence-electron chi connectivity index (χ4n) is 2.50. The van der Waals surface area contributed by atoms with E-state index in [1.807, 2.05) is 0 Å². The number of nitrogens with one attached hydrogen (secondary N) is 2. The van der Waals surface area contributed by atoms with Gasteiger partial charge in [-0.2, -0.15) is 5.10 Å². The van der Waals surface area contributed by atoms with Gasteiger partial charge in [0.25, 0.3) is 5.91 Å². The van der Waals surface area contributed by atoms with Crippen molar-refractivity contribution in [1.29, 1.82) is 0 Å². The summed E-state index contributed by atoms with van der Waals surface area (Å²) in [6.07, 6.45) is 1.40. The van der Waals surface area contributed by atoms with Gasteiger partial charge in [0.05, 0.1) is 23.5 Å². The van der Waals surface area contributed by atoms with Crippen LogP contribution in [0.3, 0.4) is 0 Å². The molecular weight excluding hydrogens is 348 g/mol. The largest absolute Gasteiger partial charge is 0.345 e. The Morgan fingerprint density at radius 3 is 2.60 bits per heavy atom. The molecule has 4 nitrogen and oxygen atoms in total.